The van der Waals surface area contributed by atoms with E-state index in [-0.39, 0.29) is 24.9 Å². The number of benzene rings is 3. The monoisotopic (exact) mass is 484 g/mol. The lowest BCUT2D eigenvalue weighted by Crippen LogP contribution is -2.26. The van der Waals surface area contributed by atoms with Gasteiger partial charge in [0.2, 0.25) is 11.8 Å². The first-order valence-electron chi connectivity index (χ1n) is 11.8. The molecule has 1 unspecified atom stereocenters. The maximum Gasteiger partial charge on any atom is 0.305 e. The molecule has 1 heterocycles. The molecule has 0 radical (unpaired) electrons. The third kappa shape index (κ3) is 6.15. The number of anilines is 1. The summed E-state index contributed by atoms with van der Waals surface area (Å²) in [4.78, 5) is 22.8. The molecule has 4 aromatic rings. The van der Waals surface area contributed by atoms with Gasteiger partial charge in [0, 0.05) is 28.9 Å². The number of amides is 1. The van der Waals surface area contributed by atoms with Gasteiger partial charge < -0.3 is 20.2 Å². The third-order valence-electron chi connectivity index (χ3n) is 5.72. The molecule has 1 atom stereocenters. The van der Waals surface area contributed by atoms with E-state index in [9.17, 15) is 9.59 Å². The summed E-state index contributed by atoms with van der Waals surface area (Å²) in [7, 11) is 0. The first-order chi connectivity index (χ1) is 17.4. The highest BCUT2D eigenvalue weighted by atomic mass is 16.4. The molecule has 184 valence electrons. The van der Waals surface area contributed by atoms with Crippen LogP contribution in [0.4, 0.5) is 5.69 Å². The van der Waals surface area contributed by atoms with E-state index in [1.54, 1.807) is 12.1 Å². The number of carbonyl (C=O) groups is 2. The second-order valence-electron chi connectivity index (χ2n) is 8.74. The molecule has 1 amide bonds. The van der Waals surface area contributed by atoms with Crippen molar-refractivity contribution in [1.29, 1.82) is 0 Å². The molecule has 0 bridgehead atoms. The average Bonchev–Trinajstić information content (AvgIpc) is 3.38. The maximum absolute atomic E-state index is 12.2. The zero-order chi connectivity index (χ0) is 25.5. The highest BCUT2D eigenvalue weighted by molar-refractivity contribution is 5.94. The largest absolute Gasteiger partial charge is 0.481 e. The van der Waals surface area contributed by atoms with Crippen molar-refractivity contribution in [3.05, 3.63) is 90.0 Å². The fourth-order valence-corrected chi connectivity index (χ4v) is 3.79. The zero-order valence-electron chi connectivity index (χ0n) is 20.1. The van der Waals surface area contributed by atoms with Crippen molar-refractivity contribution in [1.82, 2.24) is 15.5 Å². The Balaban J connectivity index is 1.43. The Kier molecular flexibility index (Phi) is 7.75. The van der Waals surface area contributed by atoms with E-state index in [1.807, 2.05) is 66.7 Å². The van der Waals surface area contributed by atoms with Crippen molar-refractivity contribution in [2.75, 3.05) is 11.9 Å². The van der Waals surface area contributed by atoms with Crippen LogP contribution in [0.25, 0.3) is 22.9 Å². The molecule has 0 saturated heterocycles. The average molecular weight is 485 g/mol. The van der Waals surface area contributed by atoms with Crippen molar-refractivity contribution in [2.45, 2.75) is 26.3 Å². The van der Waals surface area contributed by atoms with Crippen LogP contribution in [-0.4, -0.2) is 33.7 Å². The van der Waals surface area contributed by atoms with E-state index >= 15 is 0 Å². The molecule has 8 nitrogen and oxygen atoms in total. The second kappa shape index (κ2) is 11.3. The lowest BCUT2D eigenvalue weighted by atomic mass is 9.94. The molecular weight excluding hydrogens is 456 g/mol. The van der Waals surface area contributed by atoms with Gasteiger partial charge in [-0.15, -0.1) is 10.2 Å². The van der Waals surface area contributed by atoms with Gasteiger partial charge in [0.15, 0.2) is 0 Å². The predicted molar refractivity (Wildman–Crippen MR) is 137 cm³/mol. The van der Waals surface area contributed by atoms with Crippen LogP contribution in [0, 0.1) is 5.92 Å². The van der Waals surface area contributed by atoms with Gasteiger partial charge in [-0.2, -0.15) is 0 Å². The molecule has 0 aliphatic rings. The van der Waals surface area contributed by atoms with E-state index in [2.05, 4.69) is 34.7 Å². The Hall–Kier alpha value is -4.46. The van der Waals surface area contributed by atoms with Gasteiger partial charge >= 0.3 is 5.97 Å². The molecule has 4 rings (SSSR count). The molecule has 36 heavy (non-hydrogen) atoms. The summed E-state index contributed by atoms with van der Waals surface area (Å²) in [6.45, 7) is 4.37. The van der Waals surface area contributed by atoms with Crippen LogP contribution >= 0.6 is 0 Å². The highest BCUT2D eigenvalue weighted by Gasteiger charge is 2.17. The number of carboxylic acid groups (broad SMARTS) is 1. The second-order valence-corrected chi connectivity index (χ2v) is 8.74. The van der Waals surface area contributed by atoms with Gasteiger partial charge in [-0.3, -0.25) is 9.59 Å². The highest BCUT2D eigenvalue weighted by Crippen LogP contribution is 2.29. The van der Waals surface area contributed by atoms with Gasteiger partial charge in [-0.05, 0) is 60.0 Å². The van der Waals surface area contributed by atoms with Gasteiger partial charge in [0.05, 0.1) is 12.5 Å². The maximum atomic E-state index is 12.2. The molecule has 0 aliphatic carbocycles. The number of carboxylic acids is 1. The van der Waals surface area contributed by atoms with Crippen LogP contribution in [0.5, 0.6) is 0 Å². The van der Waals surface area contributed by atoms with Crippen molar-refractivity contribution >= 4 is 17.6 Å². The van der Waals surface area contributed by atoms with Crippen molar-refractivity contribution in [3.8, 4) is 22.9 Å². The molecule has 0 aliphatic heterocycles. The fourth-order valence-electron chi connectivity index (χ4n) is 3.79. The van der Waals surface area contributed by atoms with Crippen LogP contribution in [-0.2, 0) is 4.79 Å². The van der Waals surface area contributed by atoms with Gasteiger partial charge in [-0.25, -0.2) is 0 Å². The van der Waals surface area contributed by atoms with Crippen LogP contribution in [0.15, 0.2) is 83.3 Å². The quantitative estimate of drug-likeness (QED) is 0.275. The molecule has 0 spiro atoms. The minimum absolute atomic E-state index is 0.0388. The van der Waals surface area contributed by atoms with Crippen molar-refractivity contribution < 1.29 is 19.1 Å². The molecule has 1 aromatic heterocycles. The Bertz CT molecular complexity index is 1300. The number of aliphatic carboxylic acids is 1. The summed E-state index contributed by atoms with van der Waals surface area (Å²) in [6, 6.07) is 24.9. The summed E-state index contributed by atoms with van der Waals surface area (Å²) in [5, 5.41) is 23.2. The number of hydrogen-bond acceptors (Lipinski definition) is 6. The minimum Gasteiger partial charge on any atom is -0.481 e. The predicted octanol–water partition coefficient (Wildman–Crippen LogP) is 5.42. The van der Waals surface area contributed by atoms with Crippen LogP contribution in [0.2, 0.25) is 0 Å². The van der Waals surface area contributed by atoms with E-state index in [0.717, 1.165) is 22.4 Å². The number of nitrogens with zero attached hydrogens (tertiary/aromatic N) is 2. The normalized spacial score (nSPS) is 11.8. The Morgan fingerprint density at radius 2 is 1.47 bits per heavy atom. The first-order valence-corrected chi connectivity index (χ1v) is 11.8. The Morgan fingerprint density at radius 3 is 2.06 bits per heavy atom. The van der Waals surface area contributed by atoms with Gasteiger partial charge in [0.1, 0.15) is 0 Å². The molecule has 8 heteroatoms. The summed E-state index contributed by atoms with van der Waals surface area (Å²) < 4.78 is 5.87. The molecule has 0 fully saturated rings. The summed E-state index contributed by atoms with van der Waals surface area (Å²) in [5.41, 5.74) is 4.18. The van der Waals surface area contributed by atoms with E-state index in [1.165, 1.54) is 0 Å². The number of aromatic nitrogens is 2. The smallest absolute Gasteiger partial charge is 0.305 e. The number of carbonyl (C=O) groups excluding carboxylic acids is 1. The lowest BCUT2D eigenvalue weighted by Gasteiger charge is -2.24. The van der Waals surface area contributed by atoms with E-state index in [4.69, 9.17) is 9.52 Å². The van der Waals surface area contributed by atoms with Crippen LogP contribution in [0.1, 0.15) is 42.2 Å². The summed E-state index contributed by atoms with van der Waals surface area (Å²) >= 11 is 0. The van der Waals surface area contributed by atoms with Gasteiger partial charge in [-0.1, -0.05) is 44.2 Å². The zero-order valence-corrected chi connectivity index (χ0v) is 20.1. The first kappa shape index (κ1) is 24.7. The number of nitrogens with one attached hydrogen (secondary N) is 2. The standard InChI is InChI=1S/C28H28N4O4/c1-18(2)25(30-23-14-12-20(13-15-23)26(35)29-17-16-24(33)34)19-8-10-22(11-9-19)28-32-31-27(36-28)21-6-4-3-5-7-21/h3-15,18,25,30H,16-17H2,1-2H3,(H,29,35)(H,33,34). The number of rotatable bonds is 10. The minimum atomic E-state index is -0.948. The van der Waals surface area contributed by atoms with Crippen molar-refractivity contribution in [2.24, 2.45) is 5.92 Å². The SMILES string of the molecule is CC(C)C(Nc1ccc(C(=O)NCCC(=O)O)cc1)c1ccc(-c2nnc(-c3ccccc3)o2)cc1. The summed E-state index contributed by atoms with van der Waals surface area (Å²) in [6.07, 6.45) is -0.110. The number of hydrogen-bond donors (Lipinski definition) is 3. The van der Waals surface area contributed by atoms with Crippen molar-refractivity contribution in [3.63, 3.8) is 0 Å². The topological polar surface area (TPSA) is 117 Å². The lowest BCUT2D eigenvalue weighted by molar-refractivity contribution is -0.136. The van der Waals surface area contributed by atoms with Crippen LogP contribution in [0.3, 0.4) is 0 Å². The molecule has 3 N–H and O–H groups in total. The molecule has 3 aromatic carbocycles. The fraction of sp³-hybridized carbons (Fsp3) is 0.214. The Morgan fingerprint density at radius 1 is 0.861 bits per heavy atom. The van der Waals surface area contributed by atoms with Crippen LogP contribution < -0.4 is 10.6 Å². The summed E-state index contributed by atoms with van der Waals surface area (Å²) in [5.74, 6) is -0.00287. The molecular formula is C28H28N4O4. The third-order valence-corrected chi connectivity index (χ3v) is 5.72. The molecule has 0 saturated carbocycles. The van der Waals surface area contributed by atoms with Gasteiger partial charge in [0.25, 0.3) is 5.91 Å². The van der Waals surface area contributed by atoms with E-state index < -0.39 is 5.97 Å². The van der Waals surface area contributed by atoms with E-state index in [0.29, 0.717) is 23.3 Å². The Labute approximate surface area is 209 Å².